The van der Waals surface area contributed by atoms with Crippen LogP contribution < -0.4 is 0 Å². The second kappa shape index (κ2) is 12.1. The Bertz CT molecular complexity index is 955. The van der Waals surface area contributed by atoms with Gasteiger partial charge >= 0.3 is 0 Å². The SMILES string of the molecule is O=C(CN1CCN(CC=Cc2ccccc2)CC1)N(Cc1ccccc1)Cc1ccccc1. The predicted octanol–water partition coefficient (Wildman–Crippen LogP) is 4.55. The van der Waals surface area contributed by atoms with E-state index in [-0.39, 0.29) is 5.91 Å². The van der Waals surface area contributed by atoms with Gasteiger partial charge in [-0.25, -0.2) is 0 Å². The first kappa shape index (κ1) is 23.0. The van der Waals surface area contributed by atoms with Crippen molar-refractivity contribution in [2.75, 3.05) is 39.3 Å². The van der Waals surface area contributed by atoms with Crippen LogP contribution >= 0.6 is 0 Å². The van der Waals surface area contributed by atoms with Crippen LogP contribution in [0, 0.1) is 0 Å². The van der Waals surface area contributed by atoms with E-state index in [1.165, 1.54) is 5.56 Å². The van der Waals surface area contributed by atoms with Gasteiger partial charge in [0.2, 0.25) is 5.91 Å². The maximum atomic E-state index is 13.3. The average molecular weight is 440 g/mol. The quantitative estimate of drug-likeness (QED) is 0.490. The van der Waals surface area contributed by atoms with Gasteiger partial charge in [-0.1, -0.05) is 103 Å². The van der Waals surface area contributed by atoms with Crippen LogP contribution in [0.25, 0.3) is 6.08 Å². The van der Waals surface area contributed by atoms with Crippen LogP contribution in [0.1, 0.15) is 16.7 Å². The highest BCUT2D eigenvalue weighted by atomic mass is 16.2. The van der Waals surface area contributed by atoms with Crippen LogP contribution in [0.15, 0.2) is 97.1 Å². The summed E-state index contributed by atoms with van der Waals surface area (Å²) in [5.74, 6) is 0.195. The summed E-state index contributed by atoms with van der Waals surface area (Å²) >= 11 is 0. The fourth-order valence-electron chi connectivity index (χ4n) is 4.16. The highest BCUT2D eigenvalue weighted by molar-refractivity contribution is 5.78. The zero-order valence-electron chi connectivity index (χ0n) is 19.2. The maximum Gasteiger partial charge on any atom is 0.237 e. The van der Waals surface area contributed by atoms with Crippen LogP contribution in [-0.2, 0) is 17.9 Å². The highest BCUT2D eigenvalue weighted by Crippen LogP contribution is 2.12. The van der Waals surface area contributed by atoms with E-state index >= 15 is 0 Å². The normalized spacial score (nSPS) is 15.0. The first-order chi connectivity index (χ1) is 16.3. The first-order valence-corrected chi connectivity index (χ1v) is 11.8. The van der Waals surface area contributed by atoms with E-state index in [0.29, 0.717) is 19.6 Å². The third-order valence-electron chi connectivity index (χ3n) is 6.08. The largest absolute Gasteiger partial charge is 0.333 e. The van der Waals surface area contributed by atoms with Crippen molar-refractivity contribution in [2.24, 2.45) is 0 Å². The Labute approximate surface area is 197 Å². The summed E-state index contributed by atoms with van der Waals surface area (Å²) in [7, 11) is 0. The number of hydrogen-bond donors (Lipinski definition) is 0. The third-order valence-corrected chi connectivity index (χ3v) is 6.08. The second-order valence-electron chi connectivity index (χ2n) is 8.61. The van der Waals surface area contributed by atoms with E-state index in [2.05, 4.69) is 70.5 Å². The minimum Gasteiger partial charge on any atom is -0.333 e. The average Bonchev–Trinajstić information content (AvgIpc) is 2.87. The van der Waals surface area contributed by atoms with Crippen LogP contribution in [0.5, 0.6) is 0 Å². The molecule has 1 aliphatic heterocycles. The molecule has 3 aromatic carbocycles. The highest BCUT2D eigenvalue weighted by Gasteiger charge is 2.21. The maximum absolute atomic E-state index is 13.3. The van der Waals surface area contributed by atoms with Crippen molar-refractivity contribution < 1.29 is 4.79 Å². The Morgan fingerprint density at radius 1 is 0.697 bits per heavy atom. The molecule has 4 heteroatoms. The van der Waals surface area contributed by atoms with E-state index in [0.717, 1.165) is 43.9 Å². The summed E-state index contributed by atoms with van der Waals surface area (Å²) in [6.07, 6.45) is 4.42. The van der Waals surface area contributed by atoms with Crippen molar-refractivity contribution in [1.29, 1.82) is 0 Å². The van der Waals surface area contributed by atoms with Crippen molar-refractivity contribution in [2.45, 2.75) is 13.1 Å². The lowest BCUT2D eigenvalue weighted by Crippen LogP contribution is -2.49. The standard InChI is InChI=1S/C29H33N3O/c33-29(32(23-27-13-6-2-7-14-27)24-28-15-8-3-9-16-28)25-31-21-19-30(20-22-31)18-10-17-26-11-4-1-5-12-26/h1-17H,18-25H2. The molecule has 1 saturated heterocycles. The molecule has 0 aromatic heterocycles. The predicted molar refractivity (Wildman–Crippen MR) is 135 cm³/mol. The molecule has 0 spiro atoms. The Balaban J connectivity index is 1.29. The summed E-state index contributed by atoms with van der Waals surface area (Å²) in [5.41, 5.74) is 3.56. The van der Waals surface area contributed by atoms with Crippen LogP contribution in [0.3, 0.4) is 0 Å². The zero-order valence-corrected chi connectivity index (χ0v) is 19.2. The molecule has 1 heterocycles. The number of rotatable bonds is 9. The summed E-state index contributed by atoms with van der Waals surface area (Å²) in [5, 5.41) is 0. The molecular weight excluding hydrogens is 406 g/mol. The zero-order chi connectivity index (χ0) is 22.7. The number of amides is 1. The topological polar surface area (TPSA) is 26.8 Å². The minimum atomic E-state index is 0.195. The van der Waals surface area contributed by atoms with Gasteiger partial charge < -0.3 is 4.90 Å². The molecule has 0 saturated carbocycles. The van der Waals surface area contributed by atoms with Gasteiger partial charge in [0.25, 0.3) is 0 Å². The molecule has 0 unspecified atom stereocenters. The molecule has 0 bridgehead atoms. The number of nitrogens with zero attached hydrogens (tertiary/aromatic N) is 3. The number of hydrogen-bond acceptors (Lipinski definition) is 3. The lowest BCUT2D eigenvalue weighted by Gasteiger charge is -2.35. The smallest absolute Gasteiger partial charge is 0.237 e. The molecule has 0 radical (unpaired) electrons. The van der Waals surface area contributed by atoms with Crippen molar-refractivity contribution in [3.63, 3.8) is 0 Å². The van der Waals surface area contributed by atoms with E-state index in [9.17, 15) is 4.79 Å². The fourth-order valence-corrected chi connectivity index (χ4v) is 4.16. The monoisotopic (exact) mass is 439 g/mol. The Kier molecular flexibility index (Phi) is 8.45. The van der Waals surface area contributed by atoms with Gasteiger partial charge in [-0.2, -0.15) is 0 Å². The van der Waals surface area contributed by atoms with E-state index in [4.69, 9.17) is 0 Å². The van der Waals surface area contributed by atoms with Crippen molar-refractivity contribution in [1.82, 2.24) is 14.7 Å². The minimum absolute atomic E-state index is 0.195. The molecule has 4 nitrogen and oxygen atoms in total. The van der Waals surface area contributed by atoms with Crippen molar-refractivity contribution >= 4 is 12.0 Å². The van der Waals surface area contributed by atoms with E-state index < -0.39 is 0 Å². The molecule has 33 heavy (non-hydrogen) atoms. The van der Waals surface area contributed by atoms with Crippen LogP contribution in [0.4, 0.5) is 0 Å². The van der Waals surface area contributed by atoms with Gasteiger partial charge in [-0.3, -0.25) is 14.6 Å². The van der Waals surface area contributed by atoms with Gasteiger partial charge in [-0.15, -0.1) is 0 Å². The number of benzene rings is 3. The Morgan fingerprint density at radius 2 is 1.18 bits per heavy atom. The molecule has 3 aromatic rings. The van der Waals surface area contributed by atoms with Crippen LogP contribution in [0.2, 0.25) is 0 Å². The Morgan fingerprint density at radius 3 is 1.73 bits per heavy atom. The lowest BCUT2D eigenvalue weighted by atomic mass is 10.1. The first-order valence-electron chi connectivity index (χ1n) is 11.8. The molecule has 4 rings (SSSR count). The lowest BCUT2D eigenvalue weighted by molar-refractivity contribution is -0.134. The molecule has 1 amide bonds. The molecule has 170 valence electrons. The van der Waals surface area contributed by atoms with E-state index in [1.54, 1.807) is 0 Å². The van der Waals surface area contributed by atoms with Gasteiger partial charge in [0.05, 0.1) is 6.54 Å². The Hall–Kier alpha value is -3.21. The molecule has 1 aliphatic rings. The van der Waals surface area contributed by atoms with Gasteiger partial charge in [0, 0.05) is 45.8 Å². The third kappa shape index (κ3) is 7.41. The number of piperazine rings is 1. The molecule has 1 fully saturated rings. The van der Waals surface area contributed by atoms with Crippen molar-refractivity contribution in [3.05, 3.63) is 114 Å². The summed E-state index contributed by atoms with van der Waals surface area (Å²) < 4.78 is 0. The molecule has 0 atom stereocenters. The summed E-state index contributed by atoms with van der Waals surface area (Å²) in [6.45, 7) is 6.54. The molecule has 0 aliphatic carbocycles. The van der Waals surface area contributed by atoms with Gasteiger partial charge in [0.1, 0.15) is 0 Å². The second-order valence-corrected chi connectivity index (χ2v) is 8.61. The van der Waals surface area contributed by atoms with Gasteiger partial charge in [0.15, 0.2) is 0 Å². The van der Waals surface area contributed by atoms with Crippen molar-refractivity contribution in [3.8, 4) is 0 Å². The molecular formula is C29H33N3O. The van der Waals surface area contributed by atoms with E-state index in [1.807, 2.05) is 47.4 Å². The molecule has 0 N–H and O–H groups in total. The number of carbonyl (C=O) groups is 1. The van der Waals surface area contributed by atoms with Gasteiger partial charge in [-0.05, 0) is 16.7 Å². The summed E-state index contributed by atoms with van der Waals surface area (Å²) in [6, 6.07) is 30.9. The number of carbonyl (C=O) groups excluding carboxylic acids is 1. The fraction of sp³-hybridized carbons (Fsp3) is 0.276. The summed E-state index contributed by atoms with van der Waals surface area (Å²) in [4.78, 5) is 20.0. The van der Waals surface area contributed by atoms with Crippen LogP contribution in [-0.4, -0.2) is 59.9 Å².